The zero-order valence-corrected chi connectivity index (χ0v) is 18.7. The first kappa shape index (κ1) is 23.4. The van der Waals surface area contributed by atoms with E-state index in [0.29, 0.717) is 18.9 Å². The van der Waals surface area contributed by atoms with E-state index in [1.54, 1.807) is 0 Å². The second-order valence-corrected chi connectivity index (χ2v) is 9.03. The van der Waals surface area contributed by atoms with Gasteiger partial charge in [0.25, 0.3) is 0 Å². The number of aliphatic hydroxyl groups is 1. The summed E-state index contributed by atoms with van der Waals surface area (Å²) in [5.41, 5.74) is 9.36. The zero-order chi connectivity index (χ0) is 22.2. The van der Waals surface area contributed by atoms with Gasteiger partial charge in [0.05, 0.1) is 23.9 Å². The normalized spacial score (nSPS) is 20.9. The van der Waals surface area contributed by atoms with Crippen LogP contribution in [0.4, 0.5) is 0 Å². The third-order valence-corrected chi connectivity index (χ3v) is 5.89. The molecular weight excluding hydrogens is 388 g/mol. The van der Waals surface area contributed by atoms with Crippen molar-refractivity contribution in [1.29, 1.82) is 0 Å². The van der Waals surface area contributed by atoms with Gasteiger partial charge in [-0.05, 0) is 61.9 Å². The molecule has 1 aromatic heterocycles. The Labute approximate surface area is 185 Å². The smallest absolute Gasteiger partial charge is 0.237 e. The van der Waals surface area contributed by atoms with Crippen molar-refractivity contribution in [2.24, 2.45) is 11.7 Å². The van der Waals surface area contributed by atoms with E-state index in [1.807, 2.05) is 24.4 Å². The molecule has 1 aliphatic rings. The fourth-order valence-electron chi connectivity index (χ4n) is 4.19. The van der Waals surface area contributed by atoms with E-state index in [9.17, 15) is 9.90 Å². The molecule has 3 atom stereocenters. The van der Waals surface area contributed by atoms with Crippen molar-refractivity contribution in [3.8, 4) is 11.3 Å². The molecule has 2 heterocycles. The highest BCUT2D eigenvalue weighted by Gasteiger charge is 2.28. The molecule has 1 aromatic carbocycles. The Morgan fingerprint density at radius 2 is 2.13 bits per heavy atom. The lowest BCUT2D eigenvalue weighted by atomic mass is 10.0. The molecular formula is C25H36N4O2. The van der Waals surface area contributed by atoms with Crippen LogP contribution in [-0.4, -0.2) is 58.7 Å². The van der Waals surface area contributed by atoms with Gasteiger partial charge >= 0.3 is 0 Å². The van der Waals surface area contributed by atoms with Crippen molar-refractivity contribution in [2.75, 3.05) is 19.6 Å². The Morgan fingerprint density at radius 3 is 2.87 bits per heavy atom. The van der Waals surface area contributed by atoms with Crippen LogP contribution in [0.5, 0.6) is 0 Å². The van der Waals surface area contributed by atoms with Crippen LogP contribution in [-0.2, 0) is 11.2 Å². The summed E-state index contributed by atoms with van der Waals surface area (Å²) in [5.74, 6) is 0.212. The molecule has 2 unspecified atom stereocenters. The maximum absolute atomic E-state index is 12.4. The first-order valence-corrected chi connectivity index (χ1v) is 11.4. The van der Waals surface area contributed by atoms with Crippen molar-refractivity contribution >= 4 is 5.91 Å². The third-order valence-electron chi connectivity index (χ3n) is 5.89. The first-order chi connectivity index (χ1) is 14.9. The Bertz CT molecular complexity index is 827. The highest BCUT2D eigenvalue weighted by atomic mass is 16.3. The monoisotopic (exact) mass is 424 g/mol. The van der Waals surface area contributed by atoms with Crippen LogP contribution >= 0.6 is 0 Å². The van der Waals surface area contributed by atoms with E-state index in [-0.39, 0.29) is 11.9 Å². The molecule has 0 bridgehead atoms. The summed E-state index contributed by atoms with van der Waals surface area (Å²) in [5, 5.41) is 13.7. The van der Waals surface area contributed by atoms with Gasteiger partial charge in [0.2, 0.25) is 5.91 Å². The molecule has 4 N–H and O–H groups in total. The van der Waals surface area contributed by atoms with Gasteiger partial charge in [-0.1, -0.05) is 38.1 Å². The topological polar surface area (TPSA) is 91.5 Å². The van der Waals surface area contributed by atoms with Gasteiger partial charge in [-0.2, -0.15) is 0 Å². The molecule has 1 amide bonds. The molecule has 3 rings (SSSR count). The number of benzene rings is 1. The van der Waals surface area contributed by atoms with E-state index in [1.165, 1.54) is 5.56 Å². The number of carbonyl (C=O) groups is 1. The number of hydrogen-bond donors (Lipinski definition) is 3. The molecule has 6 nitrogen and oxygen atoms in total. The fraction of sp³-hybridized carbons (Fsp3) is 0.520. The van der Waals surface area contributed by atoms with E-state index in [4.69, 9.17) is 5.73 Å². The van der Waals surface area contributed by atoms with Crippen molar-refractivity contribution in [3.05, 3.63) is 54.2 Å². The number of nitrogens with one attached hydrogen (secondary N) is 1. The number of β-amino-alcohol motifs (C(OH)–C–C–N with tert-alkyl or cyclic N) is 1. The molecule has 31 heavy (non-hydrogen) atoms. The van der Waals surface area contributed by atoms with Gasteiger partial charge in [0.15, 0.2) is 0 Å². The Kier molecular flexibility index (Phi) is 8.58. The van der Waals surface area contributed by atoms with Gasteiger partial charge in [-0.3, -0.25) is 9.78 Å². The molecule has 1 saturated heterocycles. The summed E-state index contributed by atoms with van der Waals surface area (Å²) in [6, 6.07) is 13.7. The number of pyridine rings is 1. The largest absolute Gasteiger partial charge is 0.390 e. The van der Waals surface area contributed by atoms with Crippen molar-refractivity contribution in [1.82, 2.24) is 15.2 Å². The number of likely N-dealkylation sites (tertiary alicyclic amines) is 1. The van der Waals surface area contributed by atoms with Gasteiger partial charge in [-0.15, -0.1) is 0 Å². The van der Waals surface area contributed by atoms with Crippen LogP contribution in [0.25, 0.3) is 11.3 Å². The zero-order valence-electron chi connectivity index (χ0n) is 18.7. The van der Waals surface area contributed by atoms with Crippen LogP contribution < -0.4 is 11.1 Å². The SMILES string of the molecule is CC(C)C[C@H](N)C(=O)NC1CCCN(CCc2cccc(-c3ccccn3)c2)CC1O. The summed E-state index contributed by atoms with van der Waals surface area (Å²) in [6.45, 7) is 6.46. The first-order valence-electron chi connectivity index (χ1n) is 11.4. The van der Waals surface area contributed by atoms with Crippen molar-refractivity contribution in [2.45, 2.75) is 57.7 Å². The minimum atomic E-state index is -0.586. The van der Waals surface area contributed by atoms with Crippen LogP contribution in [0.15, 0.2) is 48.7 Å². The summed E-state index contributed by atoms with van der Waals surface area (Å²) < 4.78 is 0. The maximum Gasteiger partial charge on any atom is 0.237 e. The second-order valence-electron chi connectivity index (χ2n) is 9.03. The quantitative estimate of drug-likeness (QED) is 0.606. The van der Waals surface area contributed by atoms with Crippen LogP contribution in [0, 0.1) is 5.92 Å². The number of amides is 1. The lowest BCUT2D eigenvalue weighted by molar-refractivity contribution is -0.124. The Hall–Kier alpha value is -2.28. The van der Waals surface area contributed by atoms with E-state index in [2.05, 4.69) is 53.3 Å². The molecule has 0 radical (unpaired) electrons. The molecule has 168 valence electrons. The maximum atomic E-state index is 12.4. The van der Waals surface area contributed by atoms with Crippen molar-refractivity contribution < 1.29 is 9.90 Å². The lowest BCUT2D eigenvalue weighted by Crippen LogP contribution is -2.51. The third kappa shape index (κ3) is 7.13. The van der Waals surface area contributed by atoms with Crippen molar-refractivity contribution in [3.63, 3.8) is 0 Å². The van der Waals surface area contributed by atoms with Crippen LogP contribution in [0.1, 0.15) is 38.7 Å². The van der Waals surface area contributed by atoms with E-state index < -0.39 is 12.1 Å². The molecule has 1 fully saturated rings. The molecule has 6 heteroatoms. The summed E-state index contributed by atoms with van der Waals surface area (Å²) >= 11 is 0. The highest BCUT2D eigenvalue weighted by molar-refractivity contribution is 5.81. The number of aromatic nitrogens is 1. The Balaban J connectivity index is 1.52. The number of nitrogens with zero attached hydrogens (tertiary/aromatic N) is 2. The molecule has 0 spiro atoms. The van der Waals surface area contributed by atoms with E-state index in [0.717, 1.165) is 43.6 Å². The predicted octanol–water partition coefficient (Wildman–Crippen LogP) is 2.61. The van der Waals surface area contributed by atoms with Gasteiger partial charge in [0.1, 0.15) is 0 Å². The summed E-state index contributed by atoms with van der Waals surface area (Å²) in [6.07, 6.45) is 4.49. The van der Waals surface area contributed by atoms with Gasteiger partial charge < -0.3 is 21.1 Å². The fourth-order valence-corrected chi connectivity index (χ4v) is 4.19. The molecule has 0 aliphatic carbocycles. The number of carbonyl (C=O) groups excluding carboxylic acids is 1. The van der Waals surface area contributed by atoms with Gasteiger partial charge in [0, 0.05) is 24.8 Å². The summed E-state index contributed by atoms with van der Waals surface area (Å²) in [7, 11) is 0. The second kappa shape index (κ2) is 11.4. The lowest BCUT2D eigenvalue weighted by Gasteiger charge is -2.26. The Morgan fingerprint density at radius 1 is 1.29 bits per heavy atom. The number of nitrogens with two attached hydrogens (primary N) is 1. The molecule has 2 aromatic rings. The molecule has 1 aliphatic heterocycles. The van der Waals surface area contributed by atoms with Crippen LogP contribution in [0.3, 0.4) is 0 Å². The minimum absolute atomic E-state index is 0.155. The van der Waals surface area contributed by atoms with E-state index >= 15 is 0 Å². The standard InChI is InChI=1S/C25H36N4O2/c1-18(2)15-21(26)25(31)28-23-10-6-13-29(17-24(23)30)14-11-19-7-5-8-20(16-19)22-9-3-4-12-27-22/h3-5,7-9,12,16,18,21,23-24,30H,6,10-11,13-15,17,26H2,1-2H3,(H,28,31)/t21-,23?,24?/m0/s1. The summed E-state index contributed by atoms with van der Waals surface area (Å²) in [4.78, 5) is 19.1. The average Bonchev–Trinajstić information content (AvgIpc) is 2.93. The number of hydrogen-bond acceptors (Lipinski definition) is 5. The molecule has 0 saturated carbocycles. The highest BCUT2D eigenvalue weighted by Crippen LogP contribution is 2.19. The number of aliphatic hydroxyl groups excluding tert-OH is 1. The van der Waals surface area contributed by atoms with Crippen LogP contribution in [0.2, 0.25) is 0 Å². The minimum Gasteiger partial charge on any atom is -0.390 e. The number of rotatable bonds is 8. The average molecular weight is 425 g/mol. The van der Waals surface area contributed by atoms with Gasteiger partial charge in [-0.25, -0.2) is 0 Å². The predicted molar refractivity (Wildman–Crippen MR) is 124 cm³/mol.